The summed E-state index contributed by atoms with van der Waals surface area (Å²) in [5, 5.41) is 0.534. The van der Waals surface area contributed by atoms with Gasteiger partial charge in [-0.2, -0.15) is 4.31 Å². The van der Waals surface area contributed by atoms with Crippen molar-refractivity contribution in [2.24, 2.45) is 0 Å². The van der Waals surface area contributed by atoms with E-state index in [9.17, 15) is 13.2 Å². The normalized spacial score (nSPS) is 15.6. The highest BCUT2D eigenvalue weighted by molar-refractivity contribution is 7.89. The zero-order chi connectivity index (χ0) is 19.7. The first kappa shape index (κ1) is 18.9. The lowest BCUT2D eigenvalue weighted by Crippen LogP contribution is -2.27. The first-order chi connectivity index (χ1) is 13.4. The van der Waals surface area contributed by atoms with Crippen LogP contribution in [0, 0.1) is 0 Å². The van der Waals surface area contributed by atoms with Crippen LogP contribution in [0.1, 0.15) is 24.4 Å². The van der Waals surface area contributed by atoms with Crippen molar-refractivity contribution >= 4 is 20.9 Å². The van der Waals surface area contributed by atoms with Gasteiger partial charge in [0, 0.05) is 13.1 Å². The number of nitrogens with one attached hydrogen (secondary N) is 1. The van der Waals surface area contributed by atoms with Gasteiger partial charge in [0.1, 0.15) is 11.6 Å². The van der Waals surface area contributed by atoms with Crippen molar-refractivity contribution in [2.75, 3.05) is 20.1 Å². The summed E-state index contributed by atoms with van der Waals surface area (Å²) in [6, 6.07) is 10.4. The zero-order valence-corrected chi connectivity index (χ0v) is 16.4. The van der Waals surface area contributed by atoms with Gasteiger partial charge in [-0.3, -0.25) is 9.69 Å². The summed E-state index contributed by atoms with van der Waals surface area (Å²) in [5.41, 5.74) is 0.470. The van der Waals surface area contributed by atoms with Crippen LogP contribution in [0.3, 0.4) is 0 Å². The van der Waals surface area contributed by atoms with Crippen LogP contribution in [0.5, 0.6) is 0 Å². The minimum absolute atomic E-state index is 0.0185. The number of hydrogen-bond donors (Lipinski definition) is 1. The summed E-state index contributed by atoms with van der Waals surface area (Å²) in [6.07, 6.45) is 1.76. The van der Waals surface area contributed by atoms with Gasteiger partial charge >= 0.3 is 0 Å². The highest BCUT2D eigenvalue weighted by atomic mass is 32.2. The minimum Gasteiger partial charge on any atom is -0.447 e. The largest absolute Gasteiger partial charge is 0.447 e. The Morgan fingerprint density at radius 3 is 2.68 bits per heavy atom. The lowest BCUT2D eigenvalue weighted by molar-refractivity contribution is 0.268. The Balaban J connectivity index is 1.47. The van der Waals surface area contributed by atoms with E-state index in [1.807, 2.05) is 18.0 Å². The molecule has 1 saturated heterocycles. The first-order valence-electron chi connectivity index (χ1n) is 9.19. The van der Waals surface area contributed by atoms with E-state index in [0.29, 0.717) is 48.7 Å². The van der Waals surface area contributed by atoms with Crippen LogP contribution < -0.4 is 5.56 Å². The number of para-hydroxylation sites is 1. The summed E-state index contributed by atoms with van der Waals surface area (Å²) in [7, 11) is -1.70. The molecule has 148 valence electrons. The van der Waals surface area contributed by atoms with Crippen molar-refractivity contribution in [1.82, 2.24) is 19.2 Å². The number of rotatable bonds is 6. The van der Waals surface area contributed by atoms with Gasteiger partial charge in [0.05, 0.1) is 24.0 Å². The molecule has 1 aliphatic heterocycles. The minimum atomic E-state index is -3.55. The van der Waals surface area contributed by atoms with E-state index < -0.39 is 10.0 Å². The van der Waals surface area contributed by atoms with Crippen molar-refractivity contribution in [1.29, 1.82) is 0 Å². The second-order valence-corrected chi connectivity index (χ2v) is 8.90. The number of sulfonamides is 1. The number of fused-ring (bicyclic) bond motifs is 1. The average molecular weight is 402 g/mol. The van der Waals surface area contributed by atoms with Crippen molar-refractivity contribution in [3.8, 4) is 0 Å². The number of aromatic amines is 1. The van der Waals surface area contributed by atoms with Crippen LogP contribution >= 0.6 is 0 Å². The number of benzene rings is 1. The number of aromatic nitrogens is 2. The van der Waals surface area contributed by atoms with Gasteiger partial charge in [-0.1, -0.05) is 12.1 Å². The monoisotopic (exact) mass is 402 g/mol. The van der Waals surface area contributed by atoms with Crippen molar-refractivity contribution < 1.29 is 12.8 Å². The Bertz CT molecular complexity index is 1150. The highest BCUT2D eigenvalue weighted by Crippen LogP contribution is 2.23. The zero-order valence-electron chi connectivity index (χ0n) is 15.6. The molecule has 8 nitrogen and oxygen atoms in total. The molecule has 0 unspecified atom stereocenters. The third-order valence-corrected chi connectivity index (χ3v) is 6.58. The highest BCUT2D eigenvalue weighted by Gasteiger charge is 2.30. The maximum Gasteiger partial charge on any atom is 0.276 e. The molecular formula is C19H22N4O4S. The lowest BCUT2D eigenvalue weighted by atomic mass is 10.2. The number of nitrogens with zero attached hydrogens (tertiary/aromatic N) is 3. The van der Waals surface area contributed by atoms with Crippen LogP contribution in [0.4, 0.5) is 0 Å². The van der Waals surface area contributed by atoms with Crippen LogP contribution in [-0.2, 0) is 23.1 Å². The molecule has 28 heavy (non-hydrogen) atoms. The van der Waals surface area contributed by atoms with Crippen molar-refractivity contribution in [3.63, 3.8) is 0 Å². The fourth-order valence-corrected chi connectivity index (χ4v) is 4.87. The molecule has 0 atom stereocenters. The molecule has 0 aliphatic carbocycles. The van der Waals surface area contributed by atoms with Crippen molar-refractivity contribution in [2.45, 2.75) is 31.0 Å². The predicted octanol–water partition coefficient (Wildman–Crippen LogP) is 1.93. The molecule has 0 amide bonds. The number of hydrogen-bond acceptors (Lipinski definition) is 6. The molecule has 0 saturated carbocycles. The van der Waals surface area contributed by atoms with E-state index in [1.54, 1.807) is 24.3 Å². The Labute approximate surface area is 162 Å². The average Bonchev–Trinajstić information content (AvgIpc) is 3.34. The quantitative estimate of drug-likeness (QED) is 0.676. The Hall–Kier alpha value is -2.49. The summed E-state index contributed by atoms with van der Waals surface area (Å²) in [4.78, 5) is 21.4. The maximum atomic E-state index is 12.6. The van der Waals surface area contributed by atoms with E-state index in [4.69, 9.17) is 4.42 Å². The van der Waals surface area contributed by atoms with E-state index in [2.05, 4.69) is 9.97 Å². The Morgan fingerprint density at radius 2 is 1.89 bits per heavy atom. The molecular weight excluding hydrogens is 380 g/mol. The third-order valence-electron chi connectivity index (χ3n) is 4.80. The summed E-state index contributed by atoms with van der Waals surface area (Å²) in [6.45, 7) is 1.87. The Morgan fingerprint density at radius 1 is 1.14 bits per heavy atom. The molecule has 2 aromatic heterocycles. The molecule has 1 aliphatic rings. The molecule has 1 aromatic carbocycles. The first-order valence-corrected chi connectivity index (χ1v) is 10.6. The van der Waals surface area contributed by atoms with Crippen LogP contribution in [0.25, 0.3) is 10.9 Å². The fourth-order valence-electron chi connectivity index (χ4n) is 3.42. The predicted molar refractivity (Wildman–Crippen MR) is 104 cm³/mol. The lowest BCUT2D eigenvalue weighted by Gasteiger charge is -2.15. The molecule has 3 heterocycles. The number of furan rings is 1. The summed E-state index contributed by atoms with van der Waals surface area (Å²) >= 11 is 0. The van der Waals surface area contributed by atoms with Gasteiger partial charge in [0.15, 0.2) is 0 Å². The van der Waals surface area contributed by atoms with E-state index in [0.717, 1.165) is 12.8 Å². The molecule has 1 N–H and O–H groups in total. The summed E-state index contributed by atoms with van der Waals surface area (Å²) in [5.74, 6) is 1.09. The van der Waals surface area contributed by atoms with Gasteiger partial charge in [0.25, 0.3) is 15.6 Å². The van der Waals surface area contributed by atoms with Gasteiger partial charge in [-0.15, -0.1) is 0 Å². The third kappa shape index (κ3) is 3.73. The molecule has 0 spiro atoms. The summed E-state index contributed by atoms with van der Waals surface area (Å²) < 4.78 is 32.2. The van der Waals surface area contributed by atoms with E-state index in [1.165, 1.54) is 10.4 Å². The Kier molecular flexibility index (Phi) is 5.05. The standard InChI is InChI=1S/C19H22N4O4S/c1-22(13-17-20-16-7-3-2-6-15(16)19(24)21-17)12-14-8-9-18(27-14)28(25,26)23-10-4-5-11-23/h2-3,6-9H,4-5,10-13H2,1H3,(H,20,21,24). The van der Waals surface area contributed by atoms with Crippen LogP contribution in [-0.4, -0.2) is 47.7 Å². The second kappa shape index (κ2) is 7.50. The second-order valence-electron chi connectivity index (χ2n) is 7.03. The van der Waals surface area contributed by atoms with Gasteiger partial charge in [-0.25, -0.2) is 13.4 Å². The van der Waals surface area contributed by atoms with E-state index in [-0.39, 0.29) is 10.7 Å². The van der Waals surface area contributed by atoms with Crippen LogP contribution in [0.2, 0.25) is 0 Å². The number of H-pyrrole nitrogens is 1. The molecule has 1 fully saturated rings. The smallest absolute Gasteiger partial charge is 0.276 e. The molecule has 0 radical (unpaired) electrons. The fraction of sp³-hybridized carbons (Fsp3) is 0.368. The maximum absolute atomic E-state index is 12.6. The van der Waals surface area contributed by atoms with E-state index >= 15 is 0 Å². The molecule has 0 bridgehead atoms. The topological polar surface area (TPSA) is 99.5 Å². The SMILES string of the molecule is CN(Cc1nc2ccccc2c(=O)[nH]1)Cc1ccc(S(=O)(=O)N2CCCC2)o1. The van der Waals surface area contributed by atoms with Gasteiger partial charge < -0.3 is 9.40 Å². The van der Waals surface area contributed by atoms with Gasteiger partial charge in [0.2, 0.25) is 5.09 Å². The van der Waals surface area contributed by atoms with Crippen molar-refractivity contribution in [3.05, 3.63) is 58.3 Å². The molecule has 9 heteroatoms. The molecule has 3 aromatic rings. The van der Waals surface area contributed by atoms with Crippen LogP contribution in [0.15, 0.2) is 50.7 Å². The molecule has 4 rings (SSSR count). The van der Waals surface area contributed by atoms with Gasteiger partial charge in [-0.05, 0) is 44.2 Å².